The number of carbonyl (C=O) groups is 2. The highest BCUT2D eigenvalue weighted by atomic mass is 32.2. The molecule has 46 heavy (non-hydrogen) atoms. The standard InChI is InChI=1S/C32H24N8O2S4/c1-7-39-27(41)25(45-29(39)15(11-33)12-34)37-19-9-17-23(43-19)21-22(31(17,3)4)24-18(32(21,5)6)10-20(44-24)38-26-28(42)40(8-2)30(46-26)16(13-35)14-36/h9-10H,7-8H2,1-6H3. The van der Waals surface area contributed by atoms with Crippen molar-refractivity contribution in [2.24, 2.45) is 9.98 Å². The van der Waals surface area contributed by atoms with E-state index in [2.05, 4.69) is 27.7 Å². The van der Waals surface area contributed by atoms with Crippen molar-refractivity contribution in [3.8, 4) is 24.3 Å². The van der Waals surface area contributed by atoms with Gasteiger partial charge < -0.3 is 0 Å². The van der Waals surface area contributed by atoms with Gasteiger partial charge in [-0.2, -0.15) is 21.0 Å². The lowest BCUT2D eigenvalue weighted by Crippen LogP contribution is -2.26. The van der Waals surface area contributed by atoms with E-state index in [0.717, 1.165) is 44.4 Å². The summed E-state index contributed by atoms with van der Waals surface area (Å²) in [5.74, 6) is -0.647. The van der Waals surface area contributed by atoms with Crippen LogP contribution in [0.3, 0.4) is 0 Å². The normalized spacial score (nSPS) is 20.6. The third-order valence-corrected chi connectivity index (χ3v) is 12.7. The minimum absolute atomic E-state index is 0.108. The third kappa shape index (κ3) is 4.40. The fraction of sp³-hybridized carbons (Fsp3) is 0.312. The predicted octanol–water partition coefficient (Wildman–Crippen LogP) is 7.07. The van der Waals surface area contributed by atoms with E-state index in [4.69, 9.17) is 9.98 Å². The molecule has 2 aromatic rings. The molecule has 14 heteroatoms. The molecule has 228 valence electrons. The van der Waals surface area contributed by atoms with Crippen LogP contribution in [0.2, 0.25) is 0 Å². The van der Waals surface area contributed by atoms with Crippen molar-refractivity contribution in [1.82, 2.24) is 9.80 Å². The highest BCUT2D eigenvalue weighted by Gasteiger charge is 2.52. The van der Waals surface area contributed by atoms with Crippen LogP contribution >= 0.6 is 46.2 Å². The van der Waals surface area contributed by atoms with Crippen LogP contribution in [0.1, 0.15) is 62.4 Å². The van der Waals surface area contributed by atoms with E-state index in [1.54, 1.807) is 13.8 Å². The predicted molar refractivity (Wildman–Crippen MR) is 182 cm³/mol. The number of amides is 2. The maximum absolute atomic E-state index is 13.1. The van der Waals surface area contributed by atoms with Gasteiger partial charge >= 0.3 is 0 Å². The molecule has 2 aliphatic heterocycles. The molecule has 6 rings (SSSR count). The molecular formula is C32H24N8O2S4. The first-order chi connectivity index (χ1) is 21.9. The largest absolute Gasteiger partial charge is 0.299 e. The Morgan fingerprint density at radius 3 is 1.35 bits per heavy atom. The van der Waals surface area contributed by atoms with Crippen molar-refractivity contribution in [1.29, 1.82) is 21.0 Å². The number of rotatable bonds is 4. The molecule has 2 amide bonds. The van der Waals surface area contributed by atoms with Gasteiger partial charge in [0.05, 0.1) is 0 Å². The molecule has 0 saturated carbocycles. The SMILES string of the molecule is CCN1C(=O)C(=Nc2cc3c(s2)C2=C(c4sc(N=C5SC(=C(C#N)C#N)N(CC)C5=O)cc4C2(C)C)C3(C)C)SC1=C(C#N)C#N. The van der Waals surface area contributed by atoms with Crippen molar-refractivity contribution in [2.75, 3.05) is 13.1 Å². The zero-order valence-corrected chi connectivity index (χ0v) is 28.9. The summed E-state index contributed by atoms with van der Waals surface area (Å²) in [5.41, 5.74) is 3.69. The Morgan fingerprint density at radius 2 is 1.04 bits per heavy atom. The van der Waals surface area contributed by atoms with Crippen LogP contribution in [-0.4, -0.2) is 44.8 Å². The smallest absolute Gasteiger partial charge is 0.284 e. The van der Waals surface area contributed by atoms with Crippen molar-refractivity contribution in [3.63, 3.8) is 0 Å². The number of thioether (sulfide) groups is 2. The molecule has 0 aromatic carbocycles. The van der Waals surface area contributed by atoms with E-state index in [9.17, 15) is 30.6 Å². The van der Waals surface area contributed by atoms with Crippen LogP contribution in [0.25, 0.3) is 11.1 Å². The zero-order chi connectivity index (χ0) is 33.3. The van der Waals surface area contributed by atoms with Gasteiger partial charge in [0.1, 0.15) is 44.3 Å². The second kappa shape index (κ2) is 11.1. The third-order valence-electron chi connectivity index (χ3n) is 8.40. The number of hydrogen-bond acceptors (Lipinski definition) is 12. The van der Waals surface area contributed by atoms with E-state index in [1.165, 1.54) is 43.6 Å². The van der Waals surface area contributed by atoms with E-state index < -0.39 is 0 Å². The molecule has 2 aromatic heterocycles. The Morgan fingerprint density at radius 1 is 0.696 bits per heavy atom. The molecule has 0 spiro atoms. The van der Waals surface area contributed by atoms with Gasteiger partial charge in [0, 0.05) is 33.7 Å². The summed E-state index contributed by atoms with van der Waals surface area (Å²) in [6.07, 6.45) is 0. The van der Waals surface area contributed by atoms with Gasteiger partial charge in [-0.25, -0.2) is 9.98 Å². The van der Waals surface area contributed by atoms with E-state index in [1.807, 2.05) is 36.4 Å². The van der Waals surface area contributed by atoms with E-state index in [-0.39, 0.29) is 43.9 Å². The summed E-state index contributed by atoms with van der Waals surface area (Å²) in [7, 11) is 0. The molecule has 2 fully saturated rings. The second-order valence-electron chi connectivity index (χ2n) is 11.6. The summed E-state index contributed by atoms with van der Waals surface area (Å²) in [4.78, 5) is 40.8. The number of hydrogen-bond donors (Lipinski definition) is 0. The minimum Gasteiger partial charge on any atom is -0.299 e. The summed E-state index contributed by atoms with van der Waals surface area (Å²) >= 11 is 5.17. The van der Waals surface area contributed by atoms with Crippen LogP contribution in [0.4, 0.5) is 10.0 Å². The highest BCUT2D eigenvalue weighted by molar-refractivity contribution is 8.20. The van der Waals surface area contributed by atoms with Crippen LogP contribution in [0.15, 0.2) is 43.3 Å². The Bertz CT molecular complexity index is 1950. The molecule has 0 radical (unpaired) electrons. The van der Waals surface area contributed by atoms with Crippen molar-refractivity contribution >= 4 is 89.2 Å². The van der Waals surface area contributed by atoms with Crippen molar-refractivity contribution in [3.05, 3.63) is 54.2 Å². The summed E-state index contributed by atoms with van der Waals surface area (Å²) in [5, 5.41) is 40.0. The Hall–Kier alpha value is -4.44. The molecule has 4 aliphatic rings. The molecule has 0 N–H and O–H groups in total. The number of aliphatic imine (C=N–C) groups is 2. The topological polar surface area (TPSA) is 160 Å². The fourth-order valence-corrected chi connectivity index (χ4v) is 11.2. The molecular weight excluding hydrogens is 657 g/mol. The molecule has 10 nitrogen and oxygen atoms in total. The van der Waals surface area contributed by atoms with Crippen molar-refractivity contribution in [2.45, 2.75) is 52.4 Å². The quantitative estimate of drug-likeness (QED) is 0.310. The van der Waals surface area contributed by atoms with Gasteiger partial charge in [-0.1, -0.05) is 27.7 Å². The van der Waals surface area contributed by atoms with Crippen LogP contribution in [0.5, 0.6) is 0 Å². The monoisotopic (exact) mass is 680 g/mol. The minimum atomic E-state index is -0.374. The zero-order valence-electron chi connectivity index (χ0n) is 25.6. The maximum Gasteiger partial charge on any atom is 0.284 e. The lowest BCUT2D eigenvalue weighted by Gasteiger charge is -2.23. The highest BCUT2D eigenvalue weighted by Crippen LogP contribution is 2.67. The summed E-state index contributed by atoms with van der Waals surface area (Å²) in [6.45, 7) is 12.9. The number of carbonyl (C=O) groups excluding carboxylic acids is 2. The Balaban J connectivity index is 1.39. The molecule has 0 unspecified atom stereocenters. The van der Waals surface area contributed by atoms with Gasteiger partial charge in [-0.05, 0) is 71.8 Å². The van der Waals surface area contributed by atoms with Gasteiger partial charge in [-0.3, -0.25) is 19.4 Å². The second-order valence-corrected chi connectivity index (χ2v) is 15.6. The molecule has 2 saturated heterocycles. The van der Waals surface area contributed by atoms with Gasteiger partial charge in [0.25, 0.3) is 11.8 Å². The molecule has 4 heterocycles. The van der Waals surface area contributed by atoms with Crippen LogP contribution < -0.4 is 0 Å². The molecule has 2 aliphatic carbocycles. The number of nitriles is 4. The fourth-order valence-electron chi connectivity index (χ4n) is 6.18. The number of nitrogens with zero attached hydrogens (tertiary/aromatic N) is 8. The van der Waals surface area contributed by atoms with E-state index in [0.29, 0.717) is 33.1 Å². The average molecular weight is 681 g/mol. The van der Waals surface area contributed by atoms with Gasteiger partial charge in [0.2, 0.25) is 0 Å². The number of thiophene rings is 2. The lowest BCUT2D eigenvalue weighted by molar-refractivity contribution is -0.121. The number of allylic oxidation sites excluding steroid dienone is 4. The van der Waals surface area contributed by atoms with Crippen molar-refractivity contribution < 1.29 is 9.59 Å². The maximum atomic E-state index is 13.1. The Labute approximate surface area is 282 Å². The Kier molecular flexibility index (Phi) is 7.62. The van der Waals surface area contributed by atoms with Crippen LogP contribution in [-0.2, 0) is 20.4 Å². The lowest BCUT2D eigenvalue weighted by atomic mass is 9.81. The first-order valence-electron chi connectivity index (χ1n) is 14.2. The average Bonchev–Trinajstić information content (AvgIpc) is 3.83. The molecule has 0 bridgehead atoms. The van der Waals surface area contributed by atoms with E-state index >= 15 is 0 Å². The van der Waals surface area contributed by atoms with Gasteiger partial charge in [0.15, 0.2) is 21.2 Å². The molecule has 0 atom stereocenters. The first-order valence-corrected chi connectivity index (χ1v) is 17.4. The summed E-state index contributed by atoms with van der Waals surface area (Å²) < 4.78 is 0. The number of fused-ring (bicyclic) bond motifs is 4. The van der Waals surface area contributed by atoms with Gasteiger partial charge in [-0.15, -0.1) is 22.7 Å². The first kappa shape index (κ1) is 31.5. The summed E-state index contributed by atoms with van der Waals surface area (Å²) in [6, 6.07) is 11.6. The van der Waals surface area contributed by atoms with Crippen LogP contribution in [0, 0.1) is 45.3 Å².